The van der Waals surface area contributed by atoms with Crippen molar-refractivity contribution in [3.05, 3.63) is 35.7 Å². The van der Waals surface area contributed by atoms with Gasteiger partial charge in [0.2, 0.25) is 11.8 Å². The molecule has 0 radical (unpaired) electrons. The van der Waals surface area contributed by atoms with Crippen LogP contribution in [0.4, 0.5) is 9.52 Å². The summed E-state index contributed by atoms with van der Waals surface area (Å²) in [6, 6.07) is 8.79. The number of thiazole rings is 1. The van der Waals surface area contributed by atoms with Crippen molar-refractivity contribution >= 4 is 34.2 Å². The van der Waals surface area contributed by atoms with Gasteiger partial charge in [0.25, 0.3) is 5.91 Å². The van der Waals surface area contributed by atoms with Crippen molar-refractivity contribution < 1.29 is 24.0 Å². The van der Waals surface area contributed by atoms with E-state index < -0.39 is 29.9 Å². The normalized spacial score (nSPS) is 17.6. The largest absolute Gasteiger partial charge is 0.330 e. The first-order valence-electron chi connectivity index (χ1n) is 10.7. The van der Waals surface area contributed by atoms with Crippen LogP contribution in [-0.2, 0) is 14.4 Å². The van der Waals surface area contributed by atoms with E-state index in [9.17, 15) is 18.8 Å². The molecule has 3 atom stereocenters. The lowest BCUT2D eigenvalue weighted by molar-refractivity contribution is -0.148. The second kappa shape index (κ2) is 11.1. The molecule has 1 aromatic heterocycles. The minimum atomic E-state index is -2.18. The Balaban J connectivity index is 1.70. The molecular formula is C22H27FN4O4S. The first kappa shape index (κ1) is 23.8. The van der Waals surface area contributed by atoms with Crippen molar-refractivity contribution in [1.82, 2.24) is 15.4 Å². The van der Waals surface area contributed by atoms with Gasteiger partial charge in [0.15, 0.2) is 11.3 Å². The van der Waals surface area contributed by atoms with Gasteiger partial charge in [-0.25, -0.2) is 14.9 Å². The highest BCUT2D eigenvalue weighted by molar-refractivity contribution is 7.14. The number of halogens is 1. The SMILES string of the molecule is CCCC[C@@H](C(=O)N1CCC[C@H]1C(=O)Nc1nc(-c2ccccc2)cs1)[C@H](F)C(=O)NO. The summed E-state index contributed by atoms with van der Waals surface area (Å²) >= 11 is 1.28. The molecule has 0 aliphatic carbocycles. The maximum Gasteiger partial charge on any atom is 0.278 e. The number of carbonyl (C=O) groups excluding carboxylic acids is 3. The molecule has 1 aliphatic rings. The van der Waals surface area contributed by atoms with E-state index in [2.05, 4.69) is 10.3 Å². The smallest absolute Gasteiger partial charge is 0.278 e. The molecule has 0 unspecified atom stereocenters. The molecule has 172 valence electrons. The zero-order valence-electron chi connectivity index (χ0n) is 17.8. The van der Waals surface area contributed by atoms with Crippen LogP contribution in [0.15, 0.2) is 35.7 Å². The Hall–Kier alpha value is -2.85. The zero-order chi connectivity index (χ0) is 23.1. The fraction of sp³-hybridized carbons (Fsp3) is 0.455. The third-order valence-corrected chi connectivity index (χ3v) is 6.30. The van der Waals surface area contributed by atoms with Crippen molar-refractivity contribution in [2.75, 3.05) is 11.9 Å². The van der Waals surface area contributed by atoms with Crippen LogP contribution >= 0.6 is 11.3 Å². The molecule has 10 heteroatoms. The Labute approximate surface area is 189 Å². The summed E-state index contributed by atoms with van der Waals surface area (Å²) in [5.74, 6) is -3.48. The summed E-state index contributed by atoms with van der Waals surface area (Å²) in [6.45, 7) is 2.20. The van der Waals surface area contributed by atoms with E-state index in [4.69, 9.17) is 5.21 Å². The van der Waals surface area contributed by atoms with Gasteiger partial charge in [-0.1, -0.05) is 50.1 Å². The number of amides is 3. The number of carbonyl (C=O) groups is 3. The van der Waals surface area contributed by atoms with E-state index in [1.165, 1.54) is 21.7 Å². The third-order valence-electron chi connectivity index (χ3n) is 5.54. The van der Waals surface area contributed by atoms with Gasteiger partial charge >= 0.3 is 0 Å². The highest BCUT2D eigenvalue weighted by Gasteiger charge is 2.41. The number of unbranched alkanes of at least 4 members (excludes halogenated alkanes) is 1. The highest BCUT2D eigenvalue weighted by Crippen LogP contribution is 2.28. The van der Waals surface area contributed by atoms with Crippen molar-refractivity contribution in [1.29, 1.82) is 0 Å². The van der Waals surface area contributed by atoms with Gasteiger partial charge in [-0.3, -0.25) is 19.6 Å². The van der Waals surface area contributed by atoms with Crippen LogP contribution in [0.2, 0.25) is 0 Å². The predicted octanol–water partition coefficient (Wildman–Crippen LogP) is 3.39. The number of nitrogens with one attached hydrogen (secondary N) is 2. The lowest BCUT2D eigenvalue weighted by Crippen LogP contribution is -2.49. The Bertz CT molecular complexity index is 939. The molecule has 1 aromatic carbocycles. The lowest BCUT2D eigenvalue weighted by atomic mass is 9.94. The van der Waals surface area contributed by atoms with Gasteiger partial charge < -0.3 is 10.2 Å². The van der Waals surface area contributed by atoms with E-state index >= 15 is 0 Å². The van der Waals surface area contributed by atoms with Crippen LogP contribution in [-0.4, -0.2) is 51.6 Å². The number of hydrogen-bond acceptors (Lipinski definition) is 6. The molecule has 2 heterocycles. The van der Waals surface area contributed by atoms with Gasteiger partial charge in [0.05, 0.1) is 11.6 Å². The number of alkyl halides is 1. The van der Waals surface area contributed by atoms with Crippen LogP contribution in [0.5, 0.6) is 0 Å². The summed E-state index contributed by atoms with van der Waals surface area (Å²) in [4.78, 5) is 43.4. The molecular weight excluding hydrogens is 435 g/mol. The van der Waals surface area contributed by atoms with Gasteiger partial charge in [-0.05, 0) is 19.3 Å². The molecule has 1 aliphatic heterocycles. The molecule has 1 saturated heterocycles. The molecule has 3 N–H and O–H groups in total. The molecule has 0 saturated carbocycles. The number of aromatic nitrogens is 1. The first-order valence-corrected chi connectivity index (χ1v) is 11.5. The summed E-state index contributed by atoms with van der Waals surface area (Å²) in [7, 11) is 0. The average molecular weight is 463 g/mol. The van der Waals surface area contributed by atoms with Crippen LogP contribution in [0.3, 0.4) is 0 Å². The summed E-state index contributed by atoms with van der Waals surface area (Å²) in [5, 5.41) is 13.8. The molecule has 32 heavy (non-hydrogen) atoms. The molecule has 2 aromatic rings. The van der Waals surface area contributed by atoms with Gasteiger partial charge in [-0.2, -0.15) is 0 Å². The predicted molar refractivity (Wildman–Crippen MR) is 119 cm³/mol. The maximum absolute atomic E-state index is 14.6. The van der Waals surface area contributed by atoms with Gasteiger partial charge in [-0.15, -0.1) is 11.3 Å². The van der Waals surface area contributed by atoms with E-state index in [-0.39, 0.29) is 12.3 Å². The summed E-state index contributed by atoms with van der Waals surface area (Å²) < 4.78 is 14.6. The molecule has 8 nitrogen and oxygen atoms in total. The fourth-order valence-corrected chi connectivity index (χ4v) is 4.56. The van der Waals surface area contributed by atoms with Crippen molar-refractivity contribution in [2.24, 2.45) is 5.92 Å². The van der Waals surface area contributed by atoms with Crippen molar-refractivity contribution in [2.45, 2.75) is 51.2 Å². The lowest BCUT2D eigenvalue weighted by Gasteiger charge is -2.29. The number of hydroxylamine groups is 1. The summed E-state index contributed by atoms with van der Waals surface area (Å²) in [6.07, 6.45) is 0.271. The Morgan fingerprint density at radius 2 is 2.06 bits per heavy atom. The second-order valence-corrected chi connectivity index (χ2v) is 8.57. The topological polar surface area (TPSA) is 112 Å². The first-order chi connectivity index (χ1) is 15.5. The second-order valence-electron chi connectivity index (χ2n) is 7.71. The molecule has 0 spiro atoms. The zero-order valence-corrected chi connectivity index (χ0v) is 18.6. The van der Waals surface area contributed by atoms with Crippen LogP contribution in [0.25, 0.3) is 11.3 Å². The van der Waals surface area contributed by atoms with Gasteiger partial charge in [0, 0.05) is 17.5 Å². The minimum Gasteiger partial charge on any atom is -0.330 e. The monoisotopic (exact) mass is 462 g/mol. The molecule has 1 fully saturated rings. The van der Waals surface area contributed by atoms with Crippen LogP contribution < -0.4 is 10.8 Å². The van der Waals surface area contributed by atoms with E-state index in [1.54, 1.807) is 0 Å². The average Bonchev–Trinajstić information content (AvgIpc) is 3.49. The number of hydrogen-bond donors (Lipinski definition) is 3. The van der Waals surface area contributed by atoms with Crippen LogP contribution in [0.1, 0.15) is 39.0 Å². The number of benzene rings is 1. The number of likely N-dealkylation sites (tertiary alicyclic amines) is 1. The van der Waals surface area contributed by atoms with Crippen molar-refractivity contribution in [3.8, 4) is 11.3 Å². The van der Waals surface area contributed by atoms with E-state index in [0.29, 0.717) is 30.9 Å². The highest BCUT2D eigenvalue weighted by atomic mass is 32.1. The maximum atomic E-state index is 14.6. The fourth-order valence-electron chi connectivity index (χ4n) is 3.84. The number of anilines is 1. The Kier molecular flexibility index (Phi) is 8.29. The Morgan fingerprint density at radius 3 is 2.75 bits per heavy atom. The molecule has 0 bridgehead atoms. The molecule has 3 amide bonds. The summed E-state index contributed by atoms with van der Waals surface area (Å²) in [5.41, 5.74) is 2.94. The Morgan fingerprint density at radius 1 is 1.31 bits per heavy atom. The minimum absolute atomic E-state index is 0.154. The van der Waals surface area contributed by atoms with E-state index in [0.717, 1.165) is 17.7 Å². The third kappa shape index (κ3) is 5.49. The van der Waals surface area contributed by atoms with E-state index in [1.807, 2.05) is 42.6 Å². The number of rotatable bonds is 9. The molecule has 3 rings (SSSR count). The van der Waals surface area contributed by atoms with Gasteiger partial charge in [0.1, 0.15) is 6.04 Å². The van der Waals surface area contributed by atoms with Crippen LogP contribution in [0, 0.1) is 5.92 Å². The standard InChI is InChI=1S/C22H27FN4O4S/c1-2-3-10-15(18(23)20(29)26-31)21(30)27-12-7-11-17(27)19(28)25-22-24-16(13-32-22)14-8-5-4-6-9-14/h4-6,8-9,13,15,17-18,31H,2-3,7,10-12H2,1H3,(H,26,29)(H,24,25,28)/t15-,17+,18+/m1/s1. The van der Waals surface area contributed by atoms with Crippen molar-refractivity contribution in [3.63, 3.8) is 0 Å². The number of nitrogens with zero attached hydrogens (tertiary/aromatic N) is 2. The quantitative estimate of drug-likeness (QED) is 0.391.